The zero-order valence-electron chi connectivity index (χ0n) is 16.1. The third-order valence-electron chi connectivity index (χ3n) is 4.03. The van der Waals surface area contributed by atoms with Gasteiger partial charge in [0.15, 0.2) is 0 Å². The molecule has 0 spiro atoms. The highest BCUT2D eigenvalue weighted by molar-refractivity contribution is 7.89. The van der Waals surface area contributed by atoms with Gasteiger partial charge < -0.3 is 10.2 Å². The van der Waals surface area contributed by atoms with Crippen LogP contribution in [0, 0.1) is 0 Å². The van der Waals surface area contributed by atoms with E-state index in [1.807, 2.05) is 43.3 Å². The van der Waals surface area contributed by atoms with Crippen LogP contribution < -0.4 is 14.9 Å². The van der Waals surface area contributed by atoms with Gasteiger partial charge in [0.1, 0.15) is 0 Å². The van der Waals surface area contributed by atoms with Gasteiger partial charge in [-0.15, -0.1) is 0 Å². The summed E-state index contributed by atoms with van der Waals surface area (Å²) < 4.78 is 64.3. The van der Waals surface area contributed by atoms with Crippen molar-refractivity contribution in [3.63, 3.8) is 0 Å². The number of sulfonamides is 1. The summed E-state index contributed by atoms with van der Waals surface area (Å²) in [6, 6.07) is 11.8. The van der Waals surface area contributed by atoms with Gasteiger partial charge in [-0.2, -0.15) is 13.2 Å². The van der Waals surface area contributed by atoms with E-state index in [1.54, 1.807) is 12.2 Å². The SMILES string of the molecule is CC(Cc1ccc(N(C)C)cc1)NS(=O)(=O)c1ccc(NC(=O)C(F)(F)F)cc1. The van der Waals surface area contributed by atoms with Gasteiger partial charge in [0.25, 0.3) is 0 Å². The molecule has 0 fully saturated rings. The maximum atomic E-state index is 12.5. The van der Waals surface area contributed by atoms with Crippen LogP contribution in [0.5, 0.6) is 0 Å². The van der Waals surface area contributed by atoms with Gasteiger partial charge in [-0.25, -0.2) is 13.1 Å². The van der Waals surface area contributed by atoms with Crippen molar-refractivity contribution in [2.45, 2.75) is 30.5 Å². The summed E-state index contributed by atoms with van der Waals surface area (Å²) in [7, 11) is -0.0236. The van der Waals surface area contributed by atoms with E-state index in [-0.39, 0.29) is 10.6 Å². The van der Waals surface area contributed by atoms with Gasteiger partial charge in [0.2, 0.25) is 10.0 Å². The van der Waals surface area contributed by atoms with E-state index in [9.17, 15) is 26.4 Å². The second-order valence-corrected chi connectivity index (χ2v) is 8.48. The van der Waals surface area contributed by atoms with E-state index in [1.165, 1.54) is 0 Å². The minimum Gasteiger partial charge on any atom is -0.378 e. The van der Waals surface area contributed by atoms with Crippen LogP contribution in [0.4, 0.5) is 24.5 Å². The molecular weight excluding hydrogens is 407 g/mol. The van der Waals surface area contributed by atoms with Crippen LogP contribution in [0.3, 0.4) is 0 Å². The number of amides is 1. The number of carbonyl (C=O) groups is 1. The highest BCUT2D eigenvalue weighted by Gasteiger charge is 2.38. The summed E-state index contributed by atoms with van der Waals surface area (Å²) in [5.74, 6) is -2.12. The average Bonchev–Trinajstić information content (AvgIpc) is 2.61. The maximum Gasteiger partial charge on any atom is 0.471 e. The lowest BCUT2D eigenvalue weighted by atomic mass is 10.1. The minimum atomic E-state index is -5.02. The quantitative estimate of drug-likeness (QED) is 0.709. The lowest BCUT2D eigenvalue weighted by Crippen LogP contribution is -2.34. The zero-order valence-corrected chi connectivity index (χ0v) is 16.9. The van der Waals surface area contributed by atoms with Crippen LogP contribution in [-0.4, -0.2) is 40.6 Å². The molecule has 2 aromatic carbocycles. The highest BCUT2D eigenvalue weighted by atomic mass is 32.2. The van der Waals surface area contributed by atoms with E-state index in [4.69, 9.17) is 0 Å². The Balaban J connectivity index is 2.01. The van der Waals surface area contributed by atoms with Crippen LogP contribution in [0.2, 0.25) is 0 Å². The predicted octanol–water partition coefficient (Wildman–Crippen LogP) is 3.16. The fraction of sp³-hybridized carbons (Fsp3) is 0.316. The summed E-state index contributed by atoms with van der Waals surface area (Å²) in [6.07, 6.45) is -4.56. The van der Waals surface area contributed by atoms with E-state index in [0.717, 1.165) is 35.5 Å². The number of nitrogens with zero attached hydrogens (tertiary/aromatic N) is 1. The number of benzene rings is 2. The summed E-state index contributed by atoms with van der Waals surface area (Å²) in [5.41, 5.74) is 1.83. The summed E-state index contributed by atoms with van der Waals surface area (Å²) in [4.78, 5) is 12.8. The Morgan fingerprint density at radius 3 is 2.07 bits per heavy atom. The minimum absolute atomic E-state index is 0.114. The first-order valence-electron chi connectivity index (χ1n) is 8.65. The summed E-state index contributed by atoms with van der Waals surface area (Å²) in [5, 5.41) is 1.66. The number of alkyl halides is 3. The molecule has 0 bridgehead atoms. The Bertz CT molecular complexity index is 941. The van der Waals surface area contributed by atoms with Crippen LogP contribution in [-0.2, 0) is 21.2 Å². The highest BCUT2D eigenvalue weighted by Crippen LogP contribution is 2.20. The smallest absolute Gasteiger partial charge is 0.378 e. The molecule has 6 nitrogen and oxygen atoms in total. The van der Waals surface area contributed by atoms with Crippen LogP contribution in [0.25, 0.3) is 0 Å². The van der Waals surface area contributed by atoms with E-state index < -0.39 is 28.1 Å². The molecule has 0 radical (unpaired) electrons. The molecule has 158 valence electrons. The summed E-state index contributed by atoms with van der Waals surface area (Å²) in [6.45, 7) is 1.72. The Morgan fingerprint density at radius 1 is 1.03 bits per heavy atom. The van der Waals surface area contributed by atoms with Crippen molar-refractivity contribution < 1.29 is 26.4 Å². The molecule has 0 aromatic heterocycles. The standard InChI is InChI=1S/C19H22F3N3O3S/c1-13(12-14-4-8-16(9-5-14)25(2)3)24-29(27,28)17-10-6-15(7-11-17)23-18(26)19(20,21)22/h4-11,13,24H,12H2,1-3H3,(H,23,26). The monoisotopic (exact) mass is 429 g/mol. The summed E-state index contributed by atoms with van der Waals surface area (Å²) >= 11 is 0. The lowest BCUT2D eigenvalue weighted by molar-refractivity contribution is -0.167. The average molecular weight is 429 g/mol. The number of anilines is 2. The molecule has 10 heteroatoms. The number of hydrogen-bond acceptors (Lipinski definition) is 4. The van der Waals surface area contributed by atoms with Crippen molar-refractivity contribution in [3.05, 3.63) is 54.1 Å². The first kappa shape index (κ1) is 22.7. The largest absolute Gasteiger partial charge is 0.471 e. The number of carbonyl (C=O) groups excluding carboxylic acids is 1. The molecule has 0 aliphatic carbocycles. The molecule has 0 aliphatic heterocycles. The van der Waals surface area contributed by atoms with Gasteiger partial charge in [-0.05, 0) is 55.3 Å². The molecule has 1 amide bonds. The number of halogens is 3. The molecule has 0 heterocycles. The van der Waals surface area contributed by atoms with E-state index in [0.29, 0.717) is 6.42 Å². The molecular formula is C19H22F3N3O3S. The topological polar surface area (TPSA) is 78.5 Å². The maximum absolute atomic E-state index is 12.5. The van der Waals surface area contributed by atoms with Crippen molar-refractivity contribution in [1.82, 2.24) is 4.72 Å². The van der Waals surface area contributed by atoms with Crippen LogP contribution in [0.1, 0.15) is 12.5 Å². The third-order valence-corrected chi connectivity index (χ3v) is 5.64. The Morgan fingerprint density at radius 2 is 1.59 bits per heavy atom. The Labute approximate surface area is 167 Å². The van der Waals surface area contributed by atoms with Gasteiger partial charge in [0.05, 0.1) is 4.90 Å². The van der Waals surface area contributed by atoms with Crippen molar-refractivity contribution in [3.8, 4) is 0 Å². The van der Waals surface area contributed by atoms with Crippen molar-refractivity contribution in [1.29, 1.82) is 0 Å². The Kier molecular flexibility index (Phi) is 6.91. The molecule has 0 saturated heterocycles. The number of hydrogen-bond donors (Lipinski definition) is 2. The van der Waals surface area contributed by atoms with Gasteiger partial charge >= 0.3 is 12.1 Å². The van der Waals surface area contributed by atoms with Gasteiger partial charge in [-0.1, -0.05) is 12.1 Å². The van der Waals surface area contributed by atoms with E-state index >= 15 is 0 Å². The molecule has 0 saturated carbocycles. The molecule has 1 atom stereocenters. The molecule has 29 heavy (non-hydrogen) atoms. The normalized spacial score (nSPS) is 13.0. The molecule has 2 aromatic rings. The first-order chi connectivity index (χ1) is 13.4. The third kappa shape index (κ3) is 6.47. The number of rotatable bonds is 7. The van der Waals surface area contributed by atoms with Crippen LogP contribution in [0.15, 0.2) is 53.4 Å². The zero-order chi connectivity index (χ0) is 21.8. The van der Waals surface area contributed by atoms with E-state index in [2.05, 4.69) is 4.72 Å². The van der Waals surface area contributed by atoms with Gasteiger partial charge in [-0.3, -0.25) is 4.79 Å². The Hall–Kier alpha value is -2.59. The second-order valence-electron chi connectivity index (χ2n) is 6.76. The fourth-order valence-electron chi connectivity index (χ4n) is 2.58. The second kappa shape index (κ2) is 8.83. The first-order valence-corrected chi connectivity index (χ1v) is 10.1. The number of nitrogens with one attached hydrogen (secondary N) is 2. The predicted molar refractivity (Wildman–Crippen MR) is 105 cm³/mol. The van der Waals surface area contributed by atoms with Crippen molar-refractivity contribution >= 4 is 27.3 Å². The molecule has 1 unspecified atom stereocenters. The van der Waals surface area contributed by atoms with Crippen molar-refractivity contribution in [2.75, 3.05) is 24.3 Å². The molecule has 2 rings (SSSR count). The molecule has 2 N–H and O–H groups in total. The van der Waals surface area contributed by atoms with Gasteiger partial charge in [0, 0.05) is 31.5 Å². The van der Waals surface area contributed by atoms with Crippen molar-refractivity contribution in [2.24, 2.45) is 0 Å². The van der Waals surface area contributed by atoms with Crippen LogP contribution >= 0.6 is 0 Å². The molecule has 0 aliphatic rings. The lowest BCUT2D eigenvalue weighted by Gasteiger charge is -2.16. The fourth-order valence-corrected chi connectivity index (χ4v) is 3.82.